The maximum atomic E-state index is 12.4. The van der Waals surface area contributed by atoms with Gasteiger partial charge in [0.15, 0.2) is 0 Å². The van der Waals surface area contributed by atoms with Crippen molar-refractivity contribution >= 4 is 112 Å². The molecule has 0 saturated heterocycles. The molecule has 18 aromatic rings. The van der Waals surface area contributed by atoms with Gasteiger partial charge in [-0.3, -0.25) is 0 Å². The van der Waals surface area contributed by atoms with Crippen LogP contribution in [0.3, 0.4) is 0 Å². The largest absolute Gasteiger partial charge is 0.309 e. The zero-order valence-electron chi connectivity index (χ0n) is 69.1. The summed E-state index contributed by atoms with van der Waals surface area (Å²) in [5.41, 5.74) is 40.0. The van der Waals surface area contributed by atoms with Gasteiger partial charge in [-0.1, -0.05) is 235 Å². The topological polar surface area (TPSA) is 77.2 Å². The maximum Gasteiger partial charge on any atom is 0.104 e. The number of benzene rings is 12. The Morgan fingerprint density at radius 2 is 0.508 bits per heavy atom. The first-order valence-corrected chi connectivity index (χ1v) is 42.0. The fourth-order valence-electron chi connectivity index (χ4n) is 20.6. The average molecular weight is 1590 g/mol. The molecule has 6 heterocycles. The molecular formula is C114H108N8. The minimum atomic E-state index is 0. The van der Waals surface area contributed by atoms with E-state index in [2.05, 4.69) is 390 Å². The summed E-state index contributed by atoms with van der Waals surface area (Å²) < 4.78 is 14.6. The third-order valence-corrected chi connectivity index (χ3v) is 25.9. The summed E-state index contributed by atoms with van der Waals surface area (Å²) in [7, 11) is 0. The van der Waals surface area contributed by atoms with Gasteiger partial charge in [0.1, 0.15) is 23.3 Å². The van der Waals surface area contributed by atoms with E-state index in [1.54, 1.807) is 0 Å². The second-order valence-electron chi connectivity index (χ2n) is 34.8. The normalized spacial score (nSPS) is 15.5. The molecule has 4 unspecified atom stereocenters. The van der Waals surface area contributed by atoms with Gasteiger partial charge in [0, 0.05) is 77.0 Å². The van der Waals surface area contributed by atoms with Gasteiger partial charge < -0.3 is 27.4 Å². The smallest absolute Gasteiger partial charge is 0.104 e. The standard InChI is InChI=1S/C61H50N4.C49H42N4.4CH4/c1-36-17-23-51-44(29-36)45-30-37(2)18-24-52(45)63(51)59-50(35-62)60(64-53-25-19-38(3)31-46(53)47-32-39(4)20-26-54(47)64)58(43-15-11-8-12-16-43)61(57(59)42-13-9-7-10-14-42)65-55-27-21-40(5)33-48(55)49-34-41(6)22-28-56(49)65;1-28-7-13-42-35(19-28)36-20-29(2)8-14-43(36)51(42)34-25-48(52-44-15-9-30(3)21-37(44)38-22-31(4)10-16-45(38)52)41(27-50)49(26-34)53-46-17-11-32(5)23-39(46)40-24-33(6)12-18-47(40)53;;;;/h7-29,31,33-34,37,39H,30,32H2,1-6H3;7-21,23,25-26,31,33H,22,24H2,1-6H3;4*1H4. The lowest BCUT2D eigenvalue weighted by Crippen LogP contribution is -2.15. The van der Waals surface area contributed by atoms with E-state index in [9.17, 15) is 10.5 Å². The molecule has 0 aliphatic heterocycles. The van der Waals surface area contributed by atoms with Crippen LogP contribution in [-0.4, -0.2) is 27.4 Å². The van der Waals surface area contributed by atoms with Crippen molar-refractivity contribution in [3.05, 3.63) is 343 Å². The fourth-order valence-corrected chi connectivity index (χ4v) is 20.6. The molecule has 0 fully saturated rings. The number of nitrogens with zero attached hydrogens (tertiary/aromatic N) is 8. The Kier molecular flexibility index (Phi) is 20.4. The molecule has 604 valence electrons. The van der Waals surface area contributed by atoms with Crippen LogP contribution in [0, 0.1) is 102 Å². The monoisotopic (exact) mass is 1590 g/mol. The second-order valence-corrected chi connectivity index (χ2v) is 34.8. The molecule has 4 aliphatic carbocycles. The Morgan fingerprint density at radius 3 is 0.787 bits per heavy atom. The van der Waals surface area contributed by atoms with Crippen LogP contribution in [0.2, 0.25) is 0 Å². The van der Waals surface area contributed by atoms with Gasteiger partial charge in [-0.25, -0.2) is 0 Å². The van der Waals surface area contributed by atoms with Crippen molar-refractivity contribution in [3.8, 4) is 68.5 Å². The Morgan fingerprint density at radius 1 is 0.262 bits per heavy atom. The van der Waals surface area contributed by atoms with Gasteiger partial charge in [0.25, 0.3) is 0 Å². The predicted molar refractivity (Wildman–Crippen MR) is 522 cm³/mol. The predicted octanol–water partition coefficient (Wildman–Crippen LogP) is 30.3. The number of hydrogen-bond acceptors (Lipinski definition) is 2. The van der Waals surface area contributed by atoms with E-state index in [0.717, 1.165) is 138 Å². The van der Waals surface area contributed by atoms with Crippen LogP contribution in [0.1, 0.15) is 158 Å². The molecule has 8 nitrogen and oxygen atoms in total. The third kappa shape index (κ3) is 12.6. The van der Waals surface area contributed by atoms with Gasteiger partial charge in [-0.05, 0) is 272 Å². The van der Waals surface area contributed by atoms with Crippen LogP contribution in [0.5, 0.6) is 0 Å². The van der Waals surface area contributed by atoms with Crippen LogP contribution < -0.4 is 0 Å². The number of fused-ring (bicyclic) bond motifs is 18. The number of allylic oxidation sites excluding steroid dienone is 4. The highest BCUT2D eigenvalue weighted by atomic mass is 15.1. The fraction of sp³-hybridized carbons (Fsp3) is 0.211. The highest BCUT2D eigenvalue weighted by Gasteiger charge is 2.37. The first kappa shape index (κ1) is 80.7. The van der Waals surface area contributed by atoms with Gasteiger partial charge in [0.2, 0.25) is 0 Å². The molecule has 0 spiro atoms. The zero-order chi connectivity index (χ0) is 80.5. The molecule has 4 atom stereocenters. The first-order chi connectivity index (χ1) is 57.4. The van der Waals surface area contributed by atoms with Gasteiger partial charge in [-0.15, -0.1) is 0 Å². The first-order valence-electron chi connectivity index (χ1n) is 42.0. The molecule has 122 heavy (non-hydrogen) atoms. The Hall–Kier alpha value is -13.7. The number of aromatic nitrogens is 6. The number of hydrogen-bond donors (Lipinski definition) is 0. The molecular weight excluding hydrogens is 1480 g/mol. The van der Waals surface area contributed by atoms with Crippen molar-refractivity contribution in [2.75, 3.05) is 0 Å². The third-order valence-electron chi connectivity index (χ3n) is 25.9. The van der Waals surface area contributed by atoms with Crippen LogP contribution >= 0.6 is 0 Å². The van der Waals surface area contributed by atoms with Gasteiger partial charge in [-0.2, -0.15) is 10.5 Å². The van der Waals surface area contributed by atoms with Crippen molar-refractivity contribution in [2.24, 2.45) is 23.7 Å². The van der Waals surface area contributed by atoms with E-state index in [0.29, 0.717) is 34.8 Å². The summed E-state index contributed by atoms with van der Waals surface area (Å²) in [6.45, 7) is 26.6. The summed E-state index contributed by atoms with van der Waals surface area (Å²) in [5.74, 6) is 1.66. The zero-order valence-corrected chi connectivity index (χ0v) is 69.1. The van der Waals surface area contributed by atoms with Gasteiger partial charge in [0.05, 0.1) is 78.3 Å². The van der Waals surface area contributed by atoms with E-state index in [-0.39, 0.29) is 29.7 Å². The van der Waals surface area contributed by atoms with Gasteiger partial charge >= 0.3 is 0 Å². The minimum absolute atomic E-state index is 0. The number of nitriles is 2. The Balaban J connectivity index is 0.000000171. The highest BCUT2D eigenvalue weighted by molar-refractivity contribution is 6.14. The molecule has 0 amide bonds. The van der Waals surface area contributed by atoms with Crippen molar-refractivity contribution in [1.29, 1.82) is 10.5 Å². The van der Waals surface area contributed by atoms with E-state index in [1.807, 2.05) is 0 Å². The summed E-state index contributed by atoms with van der Waals surface area (Å²) in [6, 6.07) is 86.7. The number of aryl methyl sites for hydroxylation is 8. The van der Waals surface area contributed by atoms with Crippen LogP contribution in [0.4, 0.5) is 0 Å². The van der Waals surface area contributed by atoms with E-state index in [4.69, 9.17) is 0 Å². The lowest BCUT2D eigenvalue weighted by atomic mass is 9.87. The van der Waals surface area contributed by atoms with Crippen LogP contribution in [0.25, 0.3) is 168 Å². The van der Waals surface area contributed by atoms with E-state index >= 15 is 0 Å². The lowest BCUT2D eigenvalue weighted by Gasteiger charge is -2.29. The van der Waals surface area contributed by atoms with Crippen molar-refractivity contribution in [1.82, 2.24) is 27.4 Å². The van der Waals surface area contributed by atoms with Crippen molar-refractivity contribution in [2.45, 2.75) is 138 Å². The molecule has 0 saturated carbocycles. The summed E-state index contributed by atoms with van der Waals surface area (Å²) >= 11 is 0. The SMILES string of the molecule is C.C.C.C.Cc1ccc2c(c1)c1c(n2-c2c(C#N)c(-n3c4c(c5cc(C)ccc53)CC(C)C=C4)c(-c3ccccc3)c(-n3c4ccc(C)cc4c4cc(C)ccc43)c2-c2ccccc2)C=CC(C)C1.Cc1ccc2c(c1)c1c(n2-c2cc(-n3c4ccc(C)cc4c4cc(C)ccc43)cc(-n3c4c(c5cc(C)ccc53)CC(C)C=C4)c2C#N)C=CC(C)C1. The summed E-state index contributed by atoms with van der Waals surface area (Å²) in [6.07, 6.45) is 22.4. The lowest BCUT2D eigenvalue weighted by molar-refractivity contribution is 0.717. The molecule has 0 radical (unpaired) electrons. The minimum Gasteiger partial charge on any atom is -0.309 e. The molecule has 12 aromatic carbocycles. The maximum absolute atomic E-state index is 12.4. The van der Waals surface area contributed by atoms with E-state index < -0.39 is 0 Å². The van der Waals surface area contributed by atoms with Crippen molar-refractivity contribution < 1.29 is 0 Å². The molecule has 0 N–H and O–H groups in total. The summed E-state index contributed by atoms with van der Waals surface area (Å²) in [5, 5.41) is 33.7. The van der Waals surface area contributed by atoms with Crippen molar-refractivity contribution in [3.63, 3.8) is 0 Å². The highest BCUT2D eigenvalue weighted by Crippen LogP contribution is 2.54. The van der Waals surface area contributed by atoms with E-state index in [1.165, 1.54) is 121 Å². The quantitative estimate of drug-likeness (QED) is 0.152. The number of rotatable bonds is 8. The molecule has 6 aromatic heterocycles. The van der Waals surface area contributed by atoms with Crippen LogP contribution in [-0.2, 0) is 25.7 Å². The Bertz CT molecular complexity index is 7180. The molecule has 4 aliphatic rings. The molecule has 0 bridgehead atoms. The Labute approximate surface area is 718 Å². The second kappa shape index (κ2) is 30.9. The van der Waals surface area contributed by atoms with Crippen LogP contribution in [0.15, 0.2) is 243 Å². The average Bonchev–Trinajstić information content (AvgIpc) is 1.49. The molecule has 22 rings (SSSR count). The molecule has 8 heteroatoms. The summed E-state index contributed by atoms with van der Waals surface area (Å²) in [4.78, 5) is 0.